The monoisotopic (exact) mass is 372 g/mol. The molecule has 112 valence electrons. The Morgan fingerprint density at radius 1 is 0.684 bits per heavy atom. The van der Waals surface area contributed by atoms with Crippen molar-refractivity contribution >= 4 is 18.4 Å². The summed E-state index contributed by atoms with van der Waals surface area (Å²) in [6.07, 6.45) is 19.0. The minimum absolute atomic E-state index is 1.30. The van der Waals surface area contributed by atoms with Gasteiger partial charge in [0.25, 0.3) is 0 Å². The van der Waals surface area contributed by atoms with Crippen LogP contribution in [-0.2, 0) is 0 Å². The van der Waals surface area contributed by atoms with Gasteiger partial charge in [-0.15, -0.1) is 0 Å². The predicted octanol–water partition coefficient (Wildman–Crippen LogP) is 6.92. The summed E-state index contributed by atoms with van der Waals surface area (Å²) in [7, 11) is 0. The van der Waals surface area contributed by atoms with Gasteiger partial charge in [0.05, 0.1) is 0 Å². The molecule has 0 amide bonds. The Morgan fingerprint density at radius 3 is 1.37 bits per heavy atom. The third kappa shape index (κ3) is 3.92. The van der Waals surface area contributed by atoms with Gasteiger partial charge in [-0.3, -0.25) is 0 Å². The molecule has 2 aliphatic carbocycles. The molecule has 0 radical (unpaired) electrons. The number of unbranched alkanes of at least 4 members (excludes halogenated alkanes) is 2. The second-order valence-corrected chi connectivity index (χ2v) is 22.0. The van der Waals surface area contributed by atoms with E-state index in [-0.39, 0.29) is 0 Å². The molecule has 2 rings (SSSR count). The molecule has 0 aromatic rings. The molecule has 2 aliphatic rings. The van der Waals surface area contributed by atoms with Crippen molar-refractivity contribution in [3.05, 3.63) is 0 Å². The first-order chi connectivity index (χ1) is 9.33. The second kappa shape index (κ2) is 8.29. The number of rotatable bonds is 8. The van der Waals surface area contributed by atoms with Crippen LogP contribution in [0.2, 0.25) is 16.7 Å². The van der Waals surface area contributed by atoms with Crippen molar-refractivity contribution < 1.29 is 0 Å². The zero-order valence-corrected chi connectivity index (χ0v) is 16.4. The molecule has 0 aromatic heterocycles. The van der Waals surface area contributed by atoms with Crippen LogP contribution >= 0.6 is 0 Å². The van der Waals surface area contributed by atoms with E-state index in [4.69, 9.17) is 0 Å². The first-order valence-electron chi connectivity index (χ1n) is 9.33. The van der Waals surface area contributed by atoms with Gasteiger partial charge in [-0.05, 0) is 0 Å². The van der Waals surface area contributed by atoms with Crippen molar-refractivity contribution in [3.63, 3.8) is 0 Å². The van der Waals surface area contributed by atoms with E-state index < -0.39 is 18.4 Å². The van der Waals surface area contributed by atoms with E-state index >= 15 is 0 Å². The van der Waals surface area contributed by atoms with Crippen LogP contribution in [0.4, 0.5) is 0 Å². The molecule has 0 bridgehead atoms. The Bertz CT molecular complexity index is 210. The van der Waals surface area contributed by atoms with Gasteiger partial charge >= 0.3 is 126 Å². The van der Waals surface area contributed by atoms with Gasteiger partial charge < -0.3 is 0 Å². The number of hydrogen-bond donors (Lipinski definition) is 0. The Labute approximate surface area is 126 Å². The molecule has 0 heterocycles. The van der Waals surface area contributed by atoms with Crippen LogP contribution in [0.1, 0.15) is 90.9 Å². The topological polar surface area (TPSA) is 0 Å². The Hall–Kier alpha value is 0.799. The summed E-state index contributed by atoms with van der Waals surface area (Å²) < 4.78 is 6.13. The molecule has 0 aromatic carbocycles. The van der Waals surface area contributed by atoms with Crippen molar-refractivity contribution in [2.45, 2.75) is 108 Å². The van der Waals surface area contributed by atoms with Gasteiger partial charge in [0.15, 0.2) is 0 Å². The Morgan fingerprint density at radius 2 is 1.05 bits per heavy atom. The Kier molecular flexibility index (Phi) is 7.06. The van der Waals surface area contributed by atoms with E-state index in [9.17, 15) is 0 Å². The molecule has 0 spiro atoms. The Balaban J connectivity index is 2.13. The van der Waals surface area contributed by atoms with Crippen LogP contribution in [0.5, 0.6) is 0 Å². The van der Waals surface area contributed by atoms with E-state index in [1.54, 1.807) is 73.1 Å². The quantitative estimate of drug-likeness (QED) is 0.406. The normalized spacial score (nSPS) is 22.4. The van der Waals surface area contributed by atoms with Gasteiger partial charge in [-0.2, -0.15) is 0 Å². The van der Waals surface area contributed by atoms with Gasteiger partial charge in [0.1, 0.15) is 0 Å². The molecule has 0 saturated heterocycles. The summed E-state index contributed by atoms with van der Waals surface area (Å²) in [5.41, 5.74) is 0. The van der Waals surface area contributed by atoms with Crippen LogP contribution in [0.25, 0.3) is 0 Å². The van der Waals surface area contributed by atoms with E-state index in [2.05, 4.69) is 13.8 Å². The molecule has 19 heavy (non-hydrogen) atoms. The molecule has 1 heteroatoms. The van der Waals surface area contributed by atoms with Gasteiger partial charge in [0, 0.05) is 0 Å². The average Bonchev–Trinajstić information content (AvgIpc) is 3.12. The molecule has 0 aliphatic heterocycles. The van der Waals surface area contributed by atoms with E-state index in [1.165, 1.54) is 20.7 Å². The molecule has 0 nitrogen and oxygen atoms in total. The van der Waals surface area contributed by atoms with Crippen molar-refractivity contribution in [2.24, 2.45) is 0 Å². The van der Waals surface area contributed by atoms with Gasteiger partial charge in [0.2, 0.25) is 0 Å². The zero-order valence-electron chi connectivity index (χ0n) is 13.6. The van der Waals surface area contributed by atoms with E-state index in [1.807, 2.05) is 0 Å². The summed E-state index contributed by atoms with van der Waals surface area (Å²) in [5.74, 6) is 0. The fourth-order valence-electron chi connectivity index (χ4n) is 5.29. The molecular formula is C18H36Sn. The SMILES string of the molecule is CCC[CH2][Sn]([CH2]CCC)([CH]1CCCC1)[CH]1CCCC1. The van der Waals surface area contributed by atoms with Crippen LogP contribution in [0.15, 0.2) is 0 Å². The second-order valence-electron chi connectivity index (χ2n) is 7.40. The minimum atomic E-state index is -1.86. The summed E-state index contributed by atoms with van der Waals surface area (Å²) >= 11 is -1.86. The van der Waals surface area contributed by atoms with Gasteiger partial charge in [-0.25, -0.2) is 0 Å². The molecule has 2 saturated carbocycles. The predicted molar refractivity (Wildman–Crippen MR) is 89.6 cm³/mol. The summed E-state index contributed by atoms with van der Waals surface area (Å²) in [6, 6.07) is 0. The van der Waals surface area contributed by atoms with E-state index in [0.717, 1.165) is 0 Å². The van der Waals surface area contributed by atoms with Gasteiger partial charge in [-0.1, -0.05) is 0 Å². The first-order valence-corrected chi connectivity index (χ1v) is 16.7. The van der Waals surface area contributed by atoms with Crippen molar-refractivity contribution in [1.82, 2.24) is 0 Å². The zero-order chi connectivity index (χ0) is 13.6. The summed E-state index contributed by atoms with van der Waals surface area (Å²) in [4.78, 5) is 0. The molecular weight excluding hydrogens is 335 g/mol. The first kappa shape index (κ1) is 16.2. The maximum absolute atomic E-state index is 2.42. The fourth-order valence-corrected chi connectivity index (χ4v) is 27.2. The summed E-state index contributed by atoms with van der Waals surface area (Å²) in [5, 5.41) is 0. The standard InChI is InChI=1S/2C5H9.2C4H9.Sn/c2*1-2-4-5-3-1;2*1-3-4-2;/h2*1H,2-5H2;2*1,3-4H2,2H3;. The molecule has 0 N–H and O–H groups in total. The average molecular weight is 371 g/mol. The molecule has 0 atom stereocenters. The van der Waals surface area contributed by atoms with Crippen LogP contribution in [-0.4, -0.2) is 18.4 Å². The fraction of sp³-hybridized carbons (Fsp3) is 1.00. The summed E-state index contributed by atoms with van der Waals surface area (Å²) in [6.45, 7) is 4.83. The van der Waals surface area contributed by atoms with Crippen molar-refractivity contribution in [1.29, 1.82) is 0 Å². The third-order valence-corrected chi connectivity index (χ3v) is 26.2. The van der Waals surface area contributed by atoms with Crippen molar-refractivity contribution in [2.75, 3.05) is 0 Å². The molecule has 0 unspecified atom stereocenters. The molecule has 2 fully saturated rings. The maximum atomic E-state index is 2.42. The van der Waals surface area contributed by atoms with Crippen LogP contribution < -0.4 is 0 Å². The number of hydrogen-bond acceptors (Lipinski definition) is 0. The van der Waals surface area contributed by atoms with Crippen molar-refractivity contribution in [3.8, 4) is 0 Å². The van der Waals surface area contributed by atoms with Crippen LogP contribution in [0.3, 0.4) is 0 Å². The third-order valence-electron chi connectivity index (χ3n) is 6.33. The van der Waals surface area contributed by atoms with Crippen LogP contribution in [0, 0.1) is 0 Å². The van der Waals surface area contributed by atoms with E-state index in [0.29, 0.717) is 0 Å².